The van der Waals surface area contributed by atoms with Crippen molar-refractivity contribution in [3.05, 3.63) is 62.7 Å². The highest BCUT2D eigenvalue weighted by Gasteiger charge is 2.22. The second kappa shape index (κ2) is 8.06. The van der Waals surface area contributed by atoms with Gasteiger partial charge >= 0.3 is 5.69 Å². The van der Waals surface area contributed by atoms with Gasteiger partial charge in [-0.2, -0.15) is 0 Å². The van der Waals surface area contributed by atoms with E-state index in [0.29, 0.717) is 6.04 Å². The maximum Gasteiger partial charge on any atom is 0.326 e. The fourth-order valence-corrected chi connectivity index (χ4v) is 5.18. The number of aryl methyl sites for hydroxylation is 1. The lowest BCUT2D eigenvalue weighted by Gasteiger charge is -2.32. The van der Waals surface area contributed by atoms with E-state index in [9.17, 15) is 4.79 Å². The van der Waals surface area contributed by atoms with Crippen LogP contribution in [0.4, 0.5) is 0 Å². The molecule has 1 fully saturated rings. The van der Waals surface area contributed by atoms with Gasteiger partial charge in [0.15, 0.2) is 4.77 Å². The molecule has 4 aromatic rings. The zero-order valence-corrected chi connectivity index (χ0v) is 18.2. The third-order valence-electron chi connectivity index (χ3n) is 6.14. The first-order chi connectivity index (χ1) is 14.6. The molecule has 1 aliphatic heterocycles. The summed E-state index contributed by atoms with van der Waals surface area (Å²) < 4.78 is 4.87. The van der Waals surface area contributed by atoms with Gasteiger partial charge in [0.1, 0.15) is 0 Å². The van der Waals surface area contributed by atoms with Crippen LogP contribution >= 0.6 is 23.8 Å². The molecule has 1 saturated heterocycles. The number of nitrogens with zero attached hydrogens (tertiary/aromatic N) is 3. The Bertz CT molecular complexity index is 1310. The summed E-state index contributed by atoms with van der Waals surface area (Å²) in [6.07, 6.45) is 3.09. The van der Waals surface area contributed by atoms with E-state index < -0.39 is 0 Å². The summed E-state index contributed by atoms with van der Waals surface area (Å²) in [6, 6.07) is 14.2. The predicted octanol–water partition coefficient (Wildman–Crippen LogP) is 4.72. The van der Waals surface area contributed by atoms with Gasteiger partial charge in [0.05, 0.1) is 22.1 Å². The molecular weight excluding hydrogens is 418 g/mol. The minimum absolute atomic E-state index is 0.0243. The summed E-state index contributed by atoms with van der Waals surface area (Å²) >= 11 is 11.7. The van der Waals surface area contributed by atoms with Gasteiger partial charge in [-0.1, -0.05) is 23.7 Å². The molecule has 0 spiro atoms. The summed E-state index contributed by atoms with van der Waals surface area (Å²) in [5, 5.41) is 0.718. The molecule has 0 radical (unpaired) electrons. The van der Waals surface area contributed by atoms with Crippen molar-refractivity contribution in [2.75, 3.05) is 19.6 Å². The first kappa shape index (κ1) is 19.6. The average Bonchev–Trinajstić information content (AvgIpc) is 3.23. The van der Waals surface area contributed by atoms with E-state index >= 15 is 0 Å². The number of aromatic nitrogens is 4. The molecule has 2 N–H and O–H groups in total. The number of benzene rings is 2. The number of para-hydroxylation sites is 2. The Morgan fingerprint density at radius 1 is 1.00 bits per heavy atom. The topological polar surface area (TPSA) is 61.8 Å². The van der Waals surface area contributed by atoms with Crippen LogP contribution < -0.4 is 5.69 Å². The van der Waals surface area contributed by atoms with Crippen molar-refractivity contribution in [2.24, 2.45) is 0 Å². The Hall–Kier alpha value is -2.35. The van der Waals surface area contributed by atoms with Crippen LogP contribution in [0, 0.1) is 4.77 Å². The van der Waals surface area contributed by atoms with E-state index in [1.54, 1.807) is 0 Å². The van der Waals surface area contributed by atoms with E-state index in [4.69, 9.17) is 23.8 Å². The van der Waals surface area contributed by atoms with Crippen molar-refractivity contribution in [1.82, 2.24) is 24.0 Å². The van der Waals surface area contributed by atoms with Crippen LogP contribution in [-0.2, 0) is 6.54 Å². The number of aromatic amines is 2. The zero-order chi connectivity index (χ0) is 20.7. The van der Waals surface area contributed by atoms with E-state index in [1.165, 1.54) is 0 Å². The van der Waals surface area contributed by atoms with E-state index in [-0.39, 0.29) is 5.69 Å². The van der Waals surface area contributed by atoms with Crippen LogP contribution in [0.3, 0.4) is 0 Å². The third kappa shape index (κ3) is 3.62. The minimum Gasteiger partial charge on any atom is -0.331 e. The summed E-state index contributed by atoms with van der Waals surface area (Å²) in [5.41, 5.74) is 3.99. The molecule has 30 heavy (non-hydrogen) atoms. The predicted molar refractivity (Wildman–Crippen MR) is 124 cm³/mol. The van der Waals surface area contributed by atoms with Crippen LogP contribution in [0.2, 0.25) is 5.02 Å². The molecule has 0 saturated carbocycles. The van der Waals surface area contributed by atoms with E-state index in [0.717, 1.165) is 77.3 Å². The van der Waals surface area contributed by atoms with Gasteiger partial charge < -0.3 is 19.4 Å². The second-order valence-electron chi connectivity index (χ2n) is 7.99. The Labute approximate surface area is 184 Å². The first-order valence-electron chi connectivity index (χ1n) is 10.4. The maximum absolute atomic E-state index is 12.2. The molecule has 0 atom stereocenters. The fourth-order valence-electron chi connectivity index (χ4n) is 4.65. The number of halogens is 1. The van der Waals surface area contributed by atoms with Crippen molar-refractivity contribution in [1.29, 1.82) is 0 Å². The van der Waals surface area contributed by atoms with Crippen molar-refractivity contribution < 1.29 is 0 Å². The number of hydrogen-bond donors (Lipinski definition) is 2. The smallest absolute Gasteiger partial charge is 0.326 e. The Morgan fingerprint density at radius 2 is 1.80 bits per heavy atom. The van der Waals surface area contributed by atoms with Crippen molar-refractivity contribution in [3.8, 4) is 0 Å². The standard InChI is InChI=1S/C22H24ClN5OS/c23-15-6-7-20-18(14-15)25-22(30)28(20)16-8-12-26(13-9-16)10-3-11-27-19-5-2-1-4-17(19)24-21(27)29/h1-2,4-7,14,16H,3,8-13H2,(H,24,29)(H,25,30). The van der Waals surface area contributed by atoms with Crippen molar-refractivity contribution >= 4 is 45.9 Å². The lowest BCUT2D eigenvalue weighted by atomic mass is 10.0. The quantitative estimate of drug-likeness (QED) is 0.440. The summed E-state index contributed by atoms with van der Waals surface area (Å²) in [4.78, 5) is 20.9. The normalized spacial score (nSPS) is 16.0. The Kier molecular flexibility index (Phi) is 5.26. The molecule has 156 valence electrons. The van der Waals surface area contributed by atoms with Crippen LogP contribution in [0.25, 0.3) is 22.1 Å². The van der Waals surface area contributed by atoms with E-state index in [1.807, 2.05) is 41.0 Å². The monoisotopic (exact) mass is 441 g/mol. The van der Waals surface area contributed by atoms with Crippen molar-refractivity contribution in [2.45, 2.75) is 31.8 Å². The molecule has 2 aromatic heterocycles. The Balaban J connectivity index is 1.21. The summed E-state index contributed by atoms with van der Waals surface area (Å²) in [5.74, 6) is 0. The summed E-state index contributed by atoms with van der Waals surface area (Å²) in [7, 11) is 0. The SMILES string of the molecule is O=c1[nH]c2ccccc2n1CCCN1CCC(n2c(=S)[nH]c3cc(Cl)ccc32)CC1. The lowest BCUT2D eigenvalue weighted by Crippen LogP contribution is -2.36. The van der Waals surface area contributed by atoms with Gasteiger partial charge in [-0.05, 0) is 68.4 Å². The van der Waals surface area contributed by atoms with Gasteiger partial charge in [0.25, 0.3) is 0 Å². The fraction of sp³-hybridized carbons (Fsp3) is 0.364. The average molecular weight is 442 g/mol. The molecule has 0 amide bonds. The molecule has 8 heteroatoms. The molecule has 6 nitrogen and oxygen atoms in total. The Morgan fingerprint density at radius 3 is 2.63 bits per heavy atom. The zero-order valence-electron chi connectivity index (χ0n) is 16.6. The number of likely N-dealkylation sites (tertiary alicyclic amines) is 1. The molecule has 2 aromatic carbocycles. The van der Waals surface area contributed by atoms with Gasteiger partial charge in [-0.15, -0.1) is 0 Å². The highest BCUT2D eigenvalue weighted by atomic mass is 35.5. The van der Waals surface area contributed by atoms with Gasteiger partial charge in [0, 0.05) is 30.7 Å². The number of fused-ring (bicyclic) bond motifs is 2. The second-order valence-corrected chi connectivity index (χ2v) is 8.81. The van der Waals surface area contributed by atoms with Gasteiger partial charge in [-0.25, -0.2) is 4.79 Å². The highest BCUT2D eigenvalue weighted by Crippen LogP contribution is 2.28. The first-order valence-corrected chi connectivity index (χ1v) is 11.2. The number of H-pyrrole nitrogens is 2. The van der Waals surface area contributed by atoms with Crippen LogP contribution in [-0.4, -0.2) is 43.6 Å². The molecule has 5 rings (SSSR count). The lowest BCUT2D eigenvalue weighted by molar-refractivity contribution is 0.183. The van der Waals surface area contributed by atoms with Crippen LogP contribution in [0.15, 0.2) is 47.3 Å². The molecular formula is C22H24ClN5OS. The van der Waals surface area contributed by atoms with Crippen LogP contribution in [0.1, 0.15) is 25.3 Å². The maximum atomic E-state index is 12.2. The summed E-state index contributed by atoms with van der Waals surface area (Å²) in [6.45, 7) is 3.80. The number of piperidine rings is 1. The number of rotatable bonds is 5. The molecule has 1 aliphatic rings. The number of hydrogen-bond acceptors (Lipinski definition) is 3. The molecule has 0 bridgehead atoms. The molecule has 0 aliphatic carbocycles. The largest absolute Gasteiger partial charge is 0.331 e. The minimum atomic E-state index is -0.0243. The highest BCUT2D eigenvalue weighted by molar-refractivity contribution is 7.71. The van der Waals surface area contributed by atoms with E-state index in [2.05, 4.69) is 25.5 Å². The molecule has 0 unspecified atom stereocenters. The van der Waals surface area contributed by atoms with Crippen LogP contribution in [0.5, 0.6) is 0 Å². The van der Waals surface area contributed by atoms with Crippen molar-refractivity contribution in [3.63, 3.8) is 0 Å². The number of imidazole rings is 2. The third-order valence-corrected chi connectivity index (χ3v) is 6.67. The van der Waals surface area contributed by atoms with Gasteiger partial charge in [0.2, 0.25) is 0 Å². The van der Waals surface area contributed by atoms with Gasteiger partial charge in [-0.3, -0.25) is 4.57 Å². The molecule has 3 heterocycles. The number of nitrogens with one attached hydrogen (secondary N) is 2.